The van der Waals surface area contributed by atoms with Gasteiger partial charge in [-0.1, -0.05) is 6.07 Å². The van der Waals surface area contributed by atoms with Crippen molar-refractivity contribution >= 4 is 12.0 Å². The number of benzene rings is 1. The Morgan fingerprint density at radius 3 is 2.74 bits per heavy atom. The lowest BCUT2D eigenvalue weighted by atomic mass is 9.76. The summed E-state index contributed by atoms with van der Waals surface area (Å²) < 4.78 is 18.6. The molecule has 1 saturated carbocycles. The number of carboxylic acid groups (broad SMARTS) is 1. The first-order chi connectivity index (χ1) is 11.0. The Morgan fingerprint density at radius 1 is 1.39 bits per heavy atom. The highest BCUT2D eigenvalue weighted by atomic mass is 19.1. The Labute approximate surface area is 134 Å². The highest BCUT2D eigenvalue weighted by Gasteiger charge is 2.31. The van der Waals surface area contributed by atoms with E-state index in [0.29, 0.717) is 13.0 Å². The molecule has 0 heterocycles. The molecular formula is C16H21FN2O4. The zero-order valence-electron chi connectivity index (χ0n) is 13.0. The number of nitrogens with one attached hydrogen (secondary N) is 2. The van der Waals surface area contributed by atoms with Crippen molar-refractivity contribution in [1.82, 2.24) is 10.6 Å². The summed E-state index contributed by atoms with van der Waals surface area (Å²) in [7, 11) is 1.43. The van der Waals surface area contributed by atoms with Crippen LogP contribution in [0.4, 0.5) is 9.18 Å². The molecule has 2 rings (SSSR count). The summed E-state index contributed by atoms with van der Waals surface area (Å²) in [6, 6.07) is 4.70. The number of carbonyl (C=O) groups is 2. The van der Waals surface area contributed by atoms with Crippen LogP contribution in [0.3, 0.4) is 0 Å². The molecule has 2 amide bonds. The Hall–Kier alpha value is -2.31. The van der Waals surface area contributed by atoms with Gasteiger partial charge in [0.05, 0.1) is 7.11 Å². The summed E-state index contributed by atoms with van der Waals surface area (Å²) >= 11 is 0. The first-order valence-electron chi connectivity index (χ1n) is 7.59. The number of hydrogen-bond acceptors (Lipinski definition) is 3. The minimum absolute atomic E-state index is 0.0365. The summed E-state index contributed by atoms with van der Waals surface area (Å²) in [6.07, 6.45) is 1.96. The van der Waals surface area contributed by atoms with Gasteiger partial charge in [-0.3, -0.25) is 4.79 Å². The Kier molecular flexibility index (Phi) is 5.78. The van der Waals surface area contributed by atoms with Gasteiger partial charge in [-0.25, -0.2) is 9.18 Å². The topological polar surface area (TPSA) is 87.7 Å². The zero-order valence-corrected chi connectivity index (χ0v) is 13.0. The summed E-state index contributed by atoms with van der Waals surface area (Å²) in [5, 5.41) is 13.9. The van der Waals surface area contributed by atoms with Crippen molar-refractivity contribution in [1.29, 1.82) is 0 Å². The van der Waals surface area contributed by atoms with Crippen LogP contribution in [0.25, 0.3) is 0 Å². The van der Waals surface area contributed by atoms with Crippen LogP contribution in [0, 0.1) is 5.82 Å². The fourth-order valence-corrected chi connectivity index (χ4v) is 2.62. The Morgan fingerprint density at radius 2 is 2.13 bits per heavy atom. The molecule has 0 aromatic heterocycles. The number of aliphatic carboxylic acids is 1. The van der Waals surface area contributed by atoms with Gasteiger partial charge >= 0.3 is 12.0 Å². The molecule has 0 atom stereocenters. The molecule has 1 aliphatic carbocycles. The number of urea groups is 1. The largest absolute Gasteiger partial charge is 0.494 e. The zero-order chi connectivity index (χ0) is 16.8. The number of hydrogen-bond donors (Lipinski definition) is 3. The van der Waals surface area contributed by atoms with Crippen LogP contribution in [0.1, 0.15) is 37.2 Å². The van der Waals surface area contributed by atoms with E-state index < -0.39 is 5.97 Å². The smallest absolute Gasteiger partial charge is 0.315 e. The maximum atomic E-state index is 13.7. The first-order valence-corrected chi connectivity index (χ1v) is 7.59. The molecule has 7 heteroatoms. The van der Waals surface area contributed by atoms with Crippen LogP contribution < -0.4 is 15.4 Å². The fraction of sp³-hybridized carbons (Fsp3) is 0.500. The second-order valence-electron chi connectivity index (χ2n) is 5.66. The molecule has 0 unspecified atom stereocenters. The molecule has 1 aliphatic rings. The van der Waals surface area contributed by atoms with Crippen molar-refractivity contribution in [2.24, 2.45) is 0 Å². The monoisotopic (exact) mass is 324 g/mol. The van der Waals surface area contributed by atoms with E-state index in [1.54, 1.807) is 6.07 Å². The van der Waals surface area contributed by atoms with E-state index in [4.69, 9.17) is 9.84 Å². The van der Waals surface area contributed by atoms with E-state index in [0.717, 1.165) is 18.4 Å². The van der Waals surface area contributed by atoms with Crippen LogP contribution >= 0.6 is 0 Å². The standard InChI is InChI=1S/C16H21FN2O4/c1-23-14-5-4-10(9-13(14)17)11-7-12(8-11)19-16(22)18-6-2-3-15(20)21/h4-5,9,11-12H,2-3,6-8H2,1H3,(H,20,21)(H2,18,19,22). The van der Waals surface area contributed by atoms with Crippen molar-refractivity contribution < 1.29 is 23.8 Å². The van der Waals surface area contributed by atoms with Crippen LogP contribution in [0.15, 0.2) is 18.2 Å². The van der Waals surface area contributed by atoms with E-state index in [-0.39, 0.29) is 36.0 Å². The average molecular weight is 324 g/mol. The number of carbonyl (C=O) groups excluding carboxylic acids is 1. The Balaban J connectivity index is 1.69. The molecular weight excluding hydrogens is 303 g/mol. The van der Waals surface area contributed by atoms with Crippen molar-refractivity contribution in [2.75, 3.05) is 13.7 Å². The highest BCUT2D eigenvalue weighted by Crippen LogP contribution is 2.38. The van der Waals surface area contributed by atoms with Crippen LogP contribution in [-0.4, -0.2) is 36.8 Å². The highest BCUT2D eigenvalue weighted by molar-refractivity contribution is 5.74. The molecule has 3 N–H and O–H groups in total. The van der Waals surface area contributed by atoms with Gasteiger partial charge in [-0.15, -0.1) is 0 Å². The van der Waals surface area contributed by atoms with E-state index in [1.807, 2.05) is 6.07 Å². The number of carboxylic acids is 1. The molecule has 0 radical (unpaired) electrons. The van der Waals surface area contributed by atoms with E-state index in [2.05, 4.69) is 10.6 Å². The predicted octanol–water partition coefficient (Wildman–Crippen LogP) is 2.24. The van der Waals surface area contributed by atoms with Crippen molar-refractivity contribution in [3.05, 3.63) is 29.6 Å². The normalized spacial score (nSPS) is 19.6. The van der Waals surface area contributed by atoms with Gasteiger partial charge in [0.2, 0.25) is 0 Å². The number of methoxy groups -OCH3 is 1. The van der Waals surface area contributed by atoms with Crippen LogP contribution in [-0.2, 0) is 4.79 Å². The molecule has 23 heavy (non-hydrogen) atoms. The van der Waals surface area contributed by atoms with Gasteiger partial charge in [0.1, 0.15) is 0 Å². The lowest BCUT2D eigenvalue weighted by molar-refractivity contribution is -0.137. The van der Waals surface area contributed by atoms with Gasteiger partial charge in [0, 0.05) is 19.0 Å². The number of amides is 2. The number of halogens is 1. The summed E-state index contributed by atoms with van der Waals surface area (Å²) in [5.74, 6) is -0.797. The molecule has 6 nitrogen and oxygen atoms in total. The molecule has 126 valence electrons. The second kappa shape index (κ2) is 7.80. The molecule has 0 spiro atoms. The summed E-state index contributed by atoms with van der Waals surface area (Å²) in [5.41, 5.74) is 0.906. The lowest BCUT2D eigenvalue weighted by Gasteiger charge is -2.36. The molecule has 1 fully saturated rings. The molecule has 0 bridgehead atoms. The summed E-state index contributed by atoms with van der Waals surface area (Å²) in [6.45, 7) is 0.331. The van der Waals surface area contributed by atoms with Gasteiger partial charge in [0.25, 0.3) is 0 Å². The summed E-state index contributed by atoms with van der Waals surface area (Å²) in [4.78, 5) is 22.0. The lowest BCUT2D eigenvalue weighted by Crippen LogP contribution is -2.47. The number of ether oxygens (including phenoxy) is 1. The Bertz CT molecular complexity index is 573. The quantitative estimate of drug-likeness (QED) is 0.671. The number of rotatable bonds is 7. The average Bonchev–Trinajstić information content (AvgIpc) is 2.46. The molecule has 0 saturated heterocycles. The predicted molar refractivity (Wildman–Crippen MR) is 82.1 cm³/mol. The minimum atomic E-state index is -0.874. The maximum absolute atomic E-state index is 13.7. The van der Waals surface area contributed by atoms with Gasteiger partial charge in [-0.2, -0.15) is 0 Å². The van der Waals surface area contributed by atoms with Gasteiger partial charge in [-0.05, 0) is 42.9 Å². The van der Waals surface area contributed by atoms with E-state index in [9.17, 15) is 14.0 Å². The molecule has 1 aromatic carbocycles. The van der Waals surface area contributed by atoms with E-state index in [1.165, 1.54) is 13.2 Å². The van der Waals surface area contributed by atoms with Crippen LogP contribution in [0.2, 0.25) is 0 Å². The molecule has 0 aliphatic heterocycles. The third-order valence-corrected chi connectivity index (χ3v) is 3.97. The van der Waals surface area contributed by atoms with E-state index >= 15 is 0 Å². The van der Waals surface area contributed by atoms with Gasteiger partial charge in [0.15, 0.2) is 11.6 Å². The second-order valence-corrected chi connectivity index (χ2v) is 5.66. The van der Waals surface area contributed by atoms with Crippen molar-refractivity contribution in [2.45, 2.75) is 37.6 Å². The minimum Gasteiger partial charge on any atom is -0.494 e. The fourth-order valence-electron chi connectivity index (χ4n) is 2.62. The van der Waals surface area contributed by atoms with Crippen molar-refractivity contribution in [3.63, 3.8) is 0 Å². The third-order valence-electron chi connectivity index (χ3n) is 3.97. The van der Waals surface area contributed by atoms with Crippen LogP contribution in [0.5, 0.6) is 5.75 Å². The van der Waals surface area contributed by atoms with Crippen molar-refractivity contribution in [3.8, 4) is 5.75 Å². The maximum Gasteiger partial charge on any atom is 0.315 e. The SMILES string of the molecule is COc1ccc(C2CC(NC(=O)NCCCC(=O)O)C2)cc1F. The molecule has 1 aromatic rings. The first kappa shape index (κ1) is 17.1. The third kappa shape index (κ3) is 4.84. The van der Waals surface area contributed by atoms with Gasteiger partial charge < -0.3 is 20.5 Å².